The monoisotopic (exact) mass is 187 g/mol. The minimum Gasteiger partial charge on any atom is -0.388 e. The van der Waals surface area contributed by atoms with Crippen LogP contribution in [0.25, 0.3) is 0 Å². The van der Waals surface area contributed by atoms with Gasteiger partial charge in [-0.15, -0.1) is 0 Å². The summed E-state index contributed by atoms with van der Waals surface area (Å²) >= 11 is 0. The Hall–Kier alpha value is -0.120. The Morgan fingerprint density at radius 2 is 1.77 bits per heavy atom. The summed E-state index contributed by atoms with van der Waals surface area (Å²) in [5, 5.41) is 10.3. The quantitative estimate of drug-likeness (QED) is 0.694. The fraction of sp³-hybridized carbons (Fsp3) is 1.00. The zero-order valence-electron chi connectivity index (χ0n) is 8.68. The van der Waals surface area contributed by atoms with Gasteiger partial charge in [0.15, 0.2) is 0 Å². The summed E-state index contributed by atoms with van der Waals surface area (Å²) in [6.07, 6.45) is 2.98. The standard InChI is InChI=1S/C10H21NO2/c1-3-10(12,4-2)9(11)5-7-13-8-6-9/h12H,3-8,11H2,1-2H3. The van der Waals surface area contributed by atoms with Gasteiger partial charge in [0.05, 0.1) is 5.60 Å². The Balaban J connectivity index is 2.74. The topological polar surface area (TPSA) is 55.5 Å². The van der Waals surface area contributed by atoms with E-state index in [-0.39, 0.29) is 0 Å². The van der Waals surface area contributed by atoms with E-state index in [1.54, 1.807) is 0 Å². The van der Waals surface area contributed by atoms with E-state index in [2.05, 4.69) is 0 Å². The molecular weight excluding hydrogens is 166 g/mol. The molecule has 78 valence electrons. The molecule has 0 radical (unpaired) electrons. The number of ether oxygens (including phenoxy) is 1. The third kappa shape index (κ3) is 1.87. The predicted octanol–water partition coefficient (Wildman–Crippen LogP) is 1.05. The maximum atomic E-state index is 10.3. The van der Waals surface area contributed by atoms with Gasteiger partial charge in [0.2, 0.25) is 0 Å². The van der Waals surface area contributed by atoms with Crippen molar-refractivity contribution < 1.29 is 9.84 Å². The van der Waals surface area contributed by atoms with Crippen LogP contribution in [0.1, 0.15) is 39.5 Å². The first-order valence-electron chi connectivity index (χ1n) is 5.17. The number of hydrogen-bond acceptors (Lipinski definition) is 3. The van der Waals surface area contributed by atoms with Gasteiger partial charge in [0, 0.05) is 18.8 Å². The molecule has 0 bridgehead atoms. The highest BCUT2D eigenvalue weighted by atomic mass is 16.5. The average Bonchev–Trinajstić information content (AvgIpc) is 2.17. The molecule has 3 nitrogen and oxygen atoms in total. The summed E-state index contributed by atoms with van der Waals surface area (Å²) in [5.74, 6) is 0. The van der Waals surface area contributed by atoms with Gasteiger partial charge in [-0.1, -0.05) is 13.8 Å². The molecule has 0 unspecified atom stereocenters. The first-order chi connectivity index (χ1) is 6.08. The molecule has 3 N–H and O–H groups in total. The summed E-state index contributed by atoms with van der Waals surface area (Å²) in [7, 11) is 0. The number of aliphatic hydroxyl groups is 1. The Labute approximate surface area is 80.3 Å². The minimum atomic E-state index is -0.712. The van der Waals surface area contributed by atoms with E-state index in [4.69, 9.17) is 10.5 Å². The van der Waals surface area contributed by atoms with Crippen LogP contribution in [-0.4, -0.2) is 29.5 Å². The van der Waals surface area contributed by atoms with Gasteiger partial charge < -0.3 is 15.6 Å². The van der Waals surface area contributed by atoms with Crippen molar-refractivity contribution in [2.75, 3.05) is 13.2 Å². The van der Waals surface area contributed by atoms with Crippen LogP contribution in [0, 0.1) is 0 Å². The highest BCUT2D eigenvalue weighted by Gasteiger charge is 2.45. The summed E-state index contributed by atoms with van der Waals surface area (Å²) in [4.78, 5) is 0. The molecule has 1 heterocycles. The molecule has 0 aliphatic carbocycles. The van der Waals surface area contributed by atoms with E-state index in [9.17, 15) is 5.11 Å². The van der Waals surface area contributed by atoms with Gasteiger partial charge in [-0.2, -0.15) is 0 Å². The Bertz CT molecular complexity index is 160. The molecule has 1 fully saturated rings. The predicted molar refractivity (Wildman–Crippen MR) is 52.5 cm³/mol. The second kappa shape index (κ2) is 3.95. The molecule has 0 atom stereocenters. The van der Waals surface area contributed by atoms with Crippen molar-refractivity contribution in [3.05, 3.63) is 0 Å². The van der Waals surface area contributed by atoms with E-state index < -0.39 is 11.1 Å². The third-order valence-corrected chi connectivity index (χ3v) is 3.48. The van der Waals surface area contributed by atoms with Crippen molar-refractivity contribution in [3.8, 4) is 0 Å². The van der Waals surface area contributed by atoms with Crippen molar-refractivity contribution in [2.24, 2.45) is 5.73 Å². The minimum absolute atomic E-state index is 0.436. The molecule has 3 heteroatoms. The van der Waals surface area contributed by atoms with Gasteiger partial charge in [-0.3, -0.25) is 0 Å². The normalized spacial score (nSPS) is 23.1. The lowest BCUT2D eigenvalue weighted by Crippen LogP contribution is -2.62. The SMILES string of the molecule is CCC(O)(CC)C1(N)CCOCC1. The average molecular weight is 187 g/mol. The maximum Gasteiger partial charge on any atom is 0.0822 e. The summed E-state index contributed by atoms with van der Waals surface area (Å²) in [6, 6.07) is 0. The summed E-state index contributed by atoms with van der Waals surface area (Å²) < 4.78 is 5.26. The third-order valence-electron chi connectivity index (χ3n) is 3.48. The molecule has 1 aliphatic heterocycles. The van der Waals surface area contributed by atoms with Crippen molar-refractivity contribution in [2.45, 2.75) is 50.7 Å². The molecule has 1 saturated heterocycles. The lowest BCUT2D eigenvalue weighted by molar-refractivity contribution is -0.0872. The van der Waals surface area contributed by atoms with Crippen LogP contribution in [-0.2, 0) is 4.74 Å². The fourth-order valence-corrected chi connectivity index (χ4v) is 2.16. The summed E-state index contributed by atoms with van der Waals surface area (Å²) in [6.45, 7) is 5.35. The molecule has 1 aliphatic rings. The van der Waals surface area contributed by atoms with Gasteiger partial charge in [0.1, 0.15) is 0 Å². The summed E-state index contributed by atoms with van der Waals surface area (Å²) in [5.41, 5.74) is 5.08. The Kier molecular flexibility index (Phi) is 3.33. The van der Waals surface area contributed by atoms with Crippen LogP contribution >= 0.6 is 0 Å². The van der Waals surface area contributed by atoms with Crippen LogP contribution in [0.3, 0.4) is 0 Å². The van der Waals surface area contributed by atoms with E-state index in [0.29, 0.717) is 13.2 Å². The Morgan fingerprint density at radius 3 is 2.15 bits per heavy atom. The lowest BCUT2D eigenvalue weighted by Gasteiger charge is -2.46. The molecule has 0 saturated carbocycles. The largest absolute Gasteiger partial charge is 0.388 e. The zero-order chi connectivity index (χ0) is 9.95. The van der Waals surface area contributed by atoms with Crippen molar-refractivity contribution in [1.29, 1.82) is 0 Å². The fourth-order valence-electron chi connectivity index (χ4n) is 2.16. The van der Waals surface area contributed by atoms with Gasteiger partial charge in [-0.05, 0) is 25.7 Å². The molecule has 0 spiro atoms. The second-order valence-corrected chi connectivity index (χ2v) is 4.01. The van der Waals surface area contributed by atoms with Gasteiger partial charge in [-0.25, -0.2) is 0 Å². The number of nitrogens with two attached hydrogens (primary N) is 1. The van der Waals surface area contributed by atoms with Crippen LogP contribution in [0.5, 0.6) is 0 Å². The highest BCUT2D eigenvalue weighted by molar-refractivity contribution is 5.03. The highest BCUT2D eigenvalue weighted by Crippen LogP contribution is 2.34. The van der Waals surface area contributed by atoms with Crippen molar-refractivity contribution in [3.63, 3.8) is 0 Å². The molecule has 0 aromatic rings. The van der Waals surface area contributed by atoms with Gasteiger partial charge >= 0.3 is 0 Å². The van der Waals surface area contributed by atoms with Crippen LogP contribution < -0.4 is 5.73 Å². The van der Waals surface area contributed by atoms with Crippen LogP contribution in [0.4, 0.5) is 0 Å². The van der Waals surface area contributed by atoms with E-state index >= 15 is 0 Å². The van der Waals surface area contributed by atoms with E-state index in [1.807, 2.05) is 13.8 Å². The van der Waals surface area contributed by atoms with Crippen molar-refractivity contribution in [1.82, 2.24) is 0 Å². The second-order valence-electron chi connectivity index (χ2n) is 4.01. The number of rotatable bonds is 3. The van der Waals surface area contributed by atoms with E-state index in [1.165, 1.54) is 0 Å². The Morgan fingerprint density at radius 1 is 1.31 bits per heavy atom. The maximum absolute atomic E-state index is 10.3. The molecular formula is C10H21NO2. The molecule has 1 rings (SSSR count). The number of hydrogen-bond donors (Lipinski definition) is 2. The van der Waals surface area contributed by atoms with Crippen LogP contribution in [0.2, 0.25) is 0 Å². The molecule has 13 heavy (non-hydrogen) atoms. The first-order valence-corrected chi connectivity index (χ1v) is 5.17. The van der Waals surface area contributed by atoms with Gasteiger partial charge in [0.25, 0.3) is 0 Å². The first kappa shape index (κ1) is 11.0. The zero-order valence-corrected chi connectivity index (χ0v) is 8.68. The smallest absolute Gasteiger partial charge is 0.0822 e. The van der Waals surface area contributed by atoms with Crippen LogP contribution in [0.15, 0.2) is 0 Å². The lowest BCUT2D eigenvalue weighted by atomic mass is 9.72. The van der Waals surface area contributed by atoms with Crippen molar-refractivity contribution >= 4 is 0 Å². The molecule has 0 aromatic heterocycles. The molecule has 0 aromatic carbocycles. The molecule has 0 amide bonds. The van der Waals surface area contributed by atoms with E-state index in [0.717, 1.165) is 25.7 Å².